The van der Waals surface area contributed by atoms with Crippen LogP contribution in [-0.4, -0.2) is 23.6 Å². The molecule has 1 aliphatic carbocycles. The Bertz CT molecular complexity index is 926. The highest BCUT2D eigenvalue weighted by Crippen LogP contribution is 2.47. The highest BCUT2D eigenvalue weighted by Gasteiger charge is 2.28. The van der Waals surface area contributed by atoms with Gasteiger partial charge in [0, 0.05) is 5.56 Å². The van der Waals surface area contributed by atoms with E-state index in [-0.39, 0.29) is 6.42 Å². The Balaban J connectivity index is 2.15. The molecule has 0 saturated heterocycles. The molecule has 0 heterocycles. The van der Waals surface area contributed by atoms with Gasteiger partial charge in [0.25, 0.3) is 0 Å². The Labute approximate surface area is 151 Å². The molecule has 2 aromatic rings. The van der Waals surface area contributed by atoms with Crippen LogP contribution in [0.2, 0.25) is 0 Å². The van der Waals surface area contributed by atoms with Gasteiger partial charge in [-0.3, -0.25) is 4.79 Å². The summed E-state index contributed by atoms with van der Waals surface area (Å²) in [7, 11) is 0. The van der Waals surface area contributed by atoms with E-state index in [1.165, 1.54) is 0 Å². The zero-order valence-electron chi connectivity index (χ0n) is 14.4. The second kappa shape index (κ2) is 7.27. The van der Waals surface area contributed by atoms with Crippen LogP contribution in [-0.2, 0) is 9.59 Å². The third-order valence-corrected chi connectivity index (χ3v) is 4.29. The monoisotopic (exact) mass is 349 g/mol. The van der Waals surface area contributed by atoms with Crippen molar-refractivity contribution >= 4 is 29.1 Å². The molecule has 5 heteroatoms. The second-order valence-corrected chi connectivity index (χ2v) is 6.08. The number of rotatable bonds is 6. The van der Waals surface area contributed by atoms with Crippen LogP contribution in [0.1, 0.15) is 30.0 Å². The number of amides is 1. The van der Waals surface area contributed by atoms with E-state index in [0.717, 1.165) is 33.4 Å². The van der Waals surface area contributed by atoms with Gasteiger partial charge in [0.15, 0.2) is 6.61 Å². The number of ether oxygens (including phenoxy) is 1. The molecule has 0 unspecified atom stereocenters. The number of fused-ring (bicyclic) bond motifs is 1. The van der Waals surface area contributed by atoms with Crippen LogP contribution in [0.25, 0.3) is 17.2 Å². The van der Waals surface area contributed by atoms with E-state index in [2.05, 4.69) is 0 Å². The molecule has 5 nitrogen and oxygen atoms in total. The molecule has 0 bridgehead atoms. The molecule has 0 saturated carbocycles. The van der Waals surface area contributed by atoms with Gasteiger partial charge in [0.1, 0.15) is 5.75 Å². The van der Waals surface area contributed by atoms with Crippen molar-refractivity contribution in [1.82, 2.24) is 0 Å². The number of carbonyl (C=O) groups is 2. The molecule has 1 amide bonds. The summed E-state index contributed by atoms with van der Waals surface area (Å²) in [6.45, 7) is 1.49. The number of carboxylic acids is 1. The van der Waals surface area contributed by atoms with E-state index in [4.69, 9.17) is 15.6 Å². The van der Waals surface area contributed by atoms with E-state index < -0.39 is 18.5 Å². The highest BCUT2D eigenvalue weighted by molar-refractivity contribution is 6.09. The SMILES string of the molecule is CC1=C(CC(N)=O)c2c(OCC(=O)O)cccc2C1=Cc1ccccc1. The number of carboxylic acid groups (broad SMARTS) is 1. The molecule has 0 atom stereocenters. The van der Waals surface area contributed by atoms with Crippen LogP contribution < -0.4 is 10.5 Å². The summed E-state index contributed by atoms with van der Waals surface area (Å²) < 4.78 is 5.46. The van der Waals surface area contributed by atoms with E-state index in [9.17, 15) is 9.59 Å². The summed E-state index contributed by atoms with van der Waals surface area (Å²) in [4.78, 5) is 22.5. The van der Waals surface area contributed by atoms with Gasteiger partial charge in [-0.1, -0.05) is 42.5 Å². The molecule has 0 radical (unpaired) electrons. The Hall–Kier alpha value is -3.34. The lowest BCUT2D eigenvalue weighted by Gasteiger charge is -2.12. The van der Waals surface area contributed by atoms with Crippen molar-refractivity contribution < 1.29 is 19.4 Å². The Morgan fingerprint density at radius 1 is 1.12 bits per heavy atom. The molecule has 0 aliphatic heterocycles. The molecule has 132 valence electrons. The minimum Gasteiger partial charge on any atom is -0.481 e. The lowest BCUT2D eigenvalue weighted by molar-refractivity contribution is -0.139. The molecule has 0 aromatic heterocycles. The van der Waals surface area contributed by atoms with E-state index in [1.807, 2.05) is 55.5 Å². The predicted octanol–water partition coefficient (Wildman–Crippen LogP) is 3.35. The predicted molar refractivity (Wildman–Crippen MR) is 100 cm³/mol. The van der Waals surface area contributed by atoms with Crippen molar-refractivity contribution in [2.75, 3.05) is 6.61 Å². The number of aliphatic carboxylic acids is 1. The normalized spacial score (nSPS) is 14.4. The average molecular weight is 349 g/mol. The van der Waals surface area contributed by atoms with Crippen LogP contribution in [0.15, 0.2) is 54.1 Å². The van der Waals surface area contributed by atoms with Crippen LogP contribution >= 0.6 is 0 Å². The van der Waals surface area contributed by atoms with Gasteiger partial charge in [0.2, 0.25) is 5.91 Å². The molecule has 3 N–H and O–H groups in total. The van der Waals surface area contributed by atoms with Gasteiger partial charge in [-0.15, -0.1) is 0 Å². The lowest BCUT2D eigenvalue weighted by atomic mass is 10.00. The van der Waals surface area contributed by atoms with Gasteiger partial charge in [-0.25, -0.2) is 4.79 Å². The summed E-state index contributed by atoms with van der Waals surface area (Å²) in [6, 6.07) is 15.3. The number of allylic oxidation sites excluding steroid dienone is 2. The van der Waals surface area contributed by atoms with Crippen LogP contribution in [0.4, 0.5) is 0 Å². The summed E-state index contributed by atoms with van der Waals surface area (Å²) >= 11 is 0. The van der Waals surface area contributed by atoms with E-state index in [0.29, 0.717) is 5.75 Å². The number of hydrogen-bond acceptors (Lipinski definition) is 3. The largest absolute Gasteiger partial charge is 0.481 e. The fourth-order valence-corrected chi connectivity index (χ4v) is 3.18. The maximum Gasteiger partial charge on any atom is 0.341 e. The molecular weight excluding hydrogens is 330 g/mol. The molecule has 0 spiro atoms. The van der Waals surface area contributed by atoms with Crippen molar-refractivity contribution in [3.8, 4) is 5.75 Å². The summed E-state index contributed by atoms with van der Waals surface area (Å²) in [5.74, 6) is -1.06. The lowest BCUT2D eigenvalue weighted by Crippen LogP contribution is -2.13. The fraction of sp³-hybridized carbons (Fsp3) is 0.143. The van der Waals surface area contributed by atoms with Crippen molar-refractivity contribution in [3.05, 3.63) is 70.8 Å². The zero-order chi connectivity index (χ0) is 18.7. The molecule has 1 aliphatic rings. The van der Waals surface area contributed by atoms with Gasteiger partial charge < -0.3 is 15.6 Å². The quantitative estimate of drug-likeness (QED) is 0.837. The van der Waals surface area contributed by atoms with Crippen LogP contribution in [0.5, 0.6) is 5.75 Å². The molecular formula is C21H19NO4. The molecule has 3 rings (SSSR count). The molecule has 2 aromatic carbocycles. The summed E-state index contributed by atoms with van der Waals surface area (Å²) in [6.07, 6.45) is 2.11. The first kappa shape index (κ1) is 17.5. The van der Waals surface area contributed by atoms with E-state index >= 15 is 0 Å². The zero-order valence-corrected chi connectivity index (χ0v) is 14.4. The topological polar surface area (TPSA) is 89.6 Å². The van der Waals surface area contributed by atoms with Crippen molar-refractivity contribution in [2.24, 2.45) is 5.73 Å². The van der Waals surface area contributed by atoms with Gasteiger partial charge in [-0.2, -0.15) is 0 Å². The number of primary amides is 1. The summed E-state index contributed by atoms with van der Waals surface area (Å²) in [5.41, 5.74) is 10.8. The van der Waals surface area contributed by atoms with Gasteiger partial charge in [-0.05, 0) is 46.9 Å². The van der Waals surface area contributed by atoms with Crippen LogP contribution in [0.3, 0.4) is 0 Å². The van der Waals surface area contributed by atoms with Crippen molar-refractivity contribution in [1.29, 1.82) is 0 Å². The first-order valence-corrected chi connectivity index (χ1v) is 8.21. The maximum absolute atomic E-state index is 11.6. The second-order valence-electron chi connectivity index (χ2n) is 6.08. The fourth-order valence-electron chi connectivity index (χ4n) is 3.18. The Morgan fingerprint density at radius 2 is 1.85 bits per heavy atom. The van der Waals surface area contributed by atoms with E-state index in [1.54, 1.807) is 6.07 Å². The summed E-state index contributed by atoms with van der Waals surface area (Å²) in [5, 5.41) is 8.91. The number of benzene rings is 2. The minimum atomic E-state index is -1.06. The van der Waals surface area contributed by atoms with Gasteiger partial charge in [0.05, 0.1) is 6.42 Å². The Morgan fingerprint density at radius 3 is 2.50 bits per heavy atom. The third-order valence-electron chi connectivity index (χ3n) is 4.29. The first-order chi connectivity index (χ1) is 12.5. The van der Waals surface area contributed by atoms with Gasteiger partial charge >= 0.3 is 5.97 Å². The van der Waals surface area contributed by atoms with Crippen molar-refractivity contribution in [3.63, 3.8) is 0 Å². The standard InChI is InChI=1S/C21H19NO4/c1-13-16(10-14-6-3-2-4-7-14)15-8-5-9-18(26-12-20(24)25)21(15)17(13)11-19(22)23/h2-10H,11-12H2,1H3,(H2,22,23)(H,24,25). The minimum absolute atomic E-state index is 0.0679. The van der Waals surface area contributed by atoms with Crippen LogP contribution in [0, 0.1) is 0 Å². The molecule has 0 fully saturated rings. The maximum atomic E-state index is 11.6. The first-order valence-electron chi connectivity index (χ1n) is 8.21. The number of nitrogens with two attached hydrogens (primary N) is 1. The molecule has 26 heavy (non-hydrogen) atoms. The third kappa shape index (κ3) is 3.52. The smallest absolute Gasteiger partial charge is 0.341 e. The van der Waals surface area contributed by atoms with Crippen molar-refractivity contribution in [2.45, 2.75) is 13.3 Å². The average Bonchev–Trinajstić information content (AvgIpc) is 2.86. The highest BCUT2D eigenvalue weighted by atomic mass is 16.5. The Kier molecular flexibility index (Phi) is 4.89. The number of carbonyl (C=O) groups excluding carboxylic acids is 1. The number of hydrogen-bond donors (Lipinski definition) is 2.